The Kier molecular flexibility index (Phi) is 7.12. The molecule has 0 saturated heterocycles. The van der Waals surface area contributed by atoms with E-state index in [9.17, 15) is 4.39 Å². The van der Waals surface area contributed by atoms with Gasteiger partial charge in [-0.1, -0.05) is 23.7 Å². The first kappa shape index (κ1) is 22.4. The molecule has 0 amide bonds. The zero-order valence-corrected chi connectivity index (χ0v) is 19.1. The lowest BCUT2D eigenvalue weighted by Gasteiger charge is -2.28. The topological polar surface area (TPSA) is 53.4 Å². The van der Waals surface area contributed by atoms with Crippen molar-refractivity contribution in [2.24, 2.45) is 4.99 Å². The fourth-order valence-electron chi connectivity index (χ4n) is 3.97. The minimum Gasteiger partial charge on any atom is -0.380 e. The third kappa shape index (κ3) is 5.69. The molecule has 32 heavy (non-hydrogen) atoms. The van der Waals surface area contributed by atoms with Crippen molar-refractivity contribution in [3.63, 3.8) is 0 Å². The summed E-state index contributed by atoms with van der Waals surface area (Å²) >= 11 is 6.46. The summed E-state index contributed by atoms with van der Waals surface area (Å²) in [5.41, 5.74) is 4.59. The average Bonchev–Trinajstić information content (AvgIpc) is 2.79. The van der Waals surface area contributed by atoms with Gasteiger partial charge in [0.1, 0.15) is 5.82 Å². The van der Waals surface area contributed by atoms with E-state index in [1.54, 1.807) is 24.7 Å². The first-order valence-corrected chi connectivity index (χ1v) is 11.2. The molecule has 3 aromatic rings. The minimum atomic E-state index is -0.246. The number of nitrogens with one attached hydrogen (secondary N) is 1. The molecule has 1 aliphatic carbocycles. The van der Waals surface area contributed by atoms with E-state index >= 15 is 0 Å². The van der Waals surface area contributed by atoms with Crippen LogP contribution in [0.5, 0.6) is 0 Å². The number of hydrogen-bond donors (Lipinski definition) is 1. The number of aromatic nitrogens is 2. The Labute approximate surface area is 193 Å². The molecule has 166 valence electrons. The van der Waals surface area contributed by atoms with Crippen LogP contribution in [-0.2, 0) is 6.54 Å². The van der Waals surface area contributed by atoms with Crippen molar-refractivity contribution in [1.29, 1.82) is 0 Å². The van der Waals surface area contributed by atoms with Crippen LogP contribution in [-0.4, -0.2) is 40.7 Å². The second kappa shape index (κ2) is 10.2. The summed E-state index contributed by atoms with van der Waals surface area (Å²) in [4.78, 5) is 15.9. The number of benzene rings is 1. The molecule has 7 heteroatoms. The number of halogens is 2. The van der Waals surface area contributed by atoms with Gasteiger partial charge in [0.15, 0.2) is 5.82 Å². The number of nitrogens with zero attached hydrogens (tertiary/aromatic N) is 4. The molecule has 1 aromatic carbocycles. The van der Waals surface area contributed by atoms with E-state index in [2.05, 4.69) is 34.3 Å². The lowest BCUT2D eigenvalue weighted by atomic mass is 9.93. The zero-order valence-electron chi connectivity index (χ0n) is 18.4. The molecule has 2 aromatic heterocycles. The highest BCUT2D eigenvalue weighted by molar-refractivity contribution is 6.33. The molecule has 1 N–H and O–H groups in total. The van der Waals surface area contributed by atoms with Crippen LogP contribution in [0.4, 0.5) is 15.9 Å². The van der Waals surface area contributed by atoms with Crippen LogP contribution in [0.3, 0.4) is 0 Å². The van der Waals surface area contributed by atoms with Crippen LogP contribution in [0.1, 0.15) is 31.2 Å². The molecule has 5 nitrogen and oxygen atoms in total. The Morgan fingerprint density at radius 1 is 1.12 bits per heavy atom. The van der Waals surface area contributed by atoms with Crippen molar-refractivity contribution in [2.45, 2.75) is 38.3 Å². The average molecular weight is 452 g/mol. The van der Waals surface area contributed by atoms with Crippen LogP contribution >= 0.6 is 11.6 Å². The normalized spacial score (nSPS) is 16.3. The predicted molar refractivity (Wildman–Crippen MR) is 129 cm³/mol. The van der Waals surface area contributed by atoms with Crippen LogP contribution in [0.15, 0.2) is 60.0 Å². The highest BCUT2D eigenvalue weighted by Gasteiger charge is 2.19. The standard InChI is InChI=1S/C25H27ClFN5/c1-32(2)22-8-6-20(7-9-22)31-25-12-23(24(26)16-30-25)18-11-21(15-28-14-18)29-13-17-4-3-5-19(27)10-17/h3-5,10-12,14-16,22,29H,6-9,13H2,1-2H3. The predicted octanol–water partition coefficient (Wildman–Crippen LogP) is 6.12. The number of rotatable bonds is 6. The van der Waals surface area contributed by atoms with E-state index < -0.39 is 0 Å². The van der Waals surface area contributed by atoms with Crippen LogP contribution < -0.4 is 5.32 Å². The summed E-state index contributed by atoms with van der Waals surface area (Å²) < 4.78 is 13.4. The highest BCUT2D eigenvalue weighted by atomic mass is 35.5. The van der Waals surface area contributed by atoms with Crippen LogP contribution in [0.2, 0.25) is 5.02 Å². The summed E-state index contributed by atoms with van der Waals surface area (Å²) in [5.74, 6) is 0.421. The maximum absolute atomic E-state index is 13.4. The van der Waals surface area contributed by atoms with Gasteiger partial charge in [-0.3, -0.25) is 4.98 Å². The number of pyridine rings is 2. The van der Waals surface area contributed by atoms with Gasteiger partial charge in [0.05, 0.1) is 10.7 Å². The van der Waals surface area contributed by atoms with Crippen LogP contribution in [0, 0.1) is 5.82 Å². The summed E-state index contributed by atoms with van der Waals surface area (Å²) in [5, 5.41) is 3.84. The third-order valence-corrected chi connectivity index (χ3v) is 6.11. The third-order valence-electron chi connectivity index (χ3n) is 5.81. The van der Waals surface area contributed by atoms with Gasteiger partial charge in [-0.2, -0.15) is 0 Å². The quantitative estimate of drug-likeness (QED) is 0.490. The fraction of sp³-hybridized carbons (Fsp3) is 0.320. The summed E-state index contributed by atoms with van der Waals surface area (Å²) in [6.07, 6.45) is 9.38. The van der Waals surface area contributed by atoms with E-state index in [1.165, 1.54) is 17.8 Å². The van der Waals surface area contributed by atoms with Gasteiger partial charge in [-0.15, -0.1) is 0 Å². The van der Waals surface area contributed by atoms with E-state index in [4.69, 9.17) is 16.6 Å². The first-order chi connectivity index (χ1) is 15.5. The largest absolute Gasteiger partial charge is 0.380 e. The molecule has 1 fully saturated rings. The molecule has 0 bridgehead atoms. The molecule has 4 rings (SSSR count). The highest BCUT2D eigenvalue weighted by Crippen LogP contribution is 2.32. The lowest BCUT2D eigenvalue weighted by molar-refractivity contribution is 0.260. The van der Waals surface area contributed by atoms with Gasteiger partial charge in [0.2, 0.25) is 0 Å². The van der Waals surface area contributed by atoms with Crippen molar-refractivity contribution in [3.05, 3.63) is 71.4 Å². The van der Waals surface area contributed by atoms with E-state index in [1.807, 2.05) is 18.2 Å². The molecule has 0 atom stereocenters. The zero-order chi connectivity index (χ0) is 22.5. The fourth-order valence-corrected chi connectivity index (χ4v) is 4.18. The molecule has 1 aliphatic rings. The Bertz CT molecular complexity index is 1100. The van der Waals surface area contributed by atoms with Crippen molar-refractivity contribution in [1.82, 2.24) is 14.9 Å². The van der Waals surface area contributed by atoms with Crippen molar-refractivity contribution in [2.75, 3.05) is 19.4 Å². The maximum atomic E-state index is 13.4. The molecule has 0 unspecified atom stereocenters. The van der Waals surface area contributed by atoms with Gasteiger partial charge in [0, 0.05) is 48.0 Å². The Balaban J connectivity index is 1.50. The van der Waals surface area contributed by atoms with E-state index in [0.29, 0.717) is 23.4 Å². The second-order valence-corrected chi connectivity index (χ2v) is 8.75. The Morgan fingerprint density at radius 2 is 1.94 bits per heavy atom. The van der Waals surface area contributed by atoms with Gasteiger partial charge in [0.25, 0.3) is 0 Å². The van der Waals surface area contributed by atoms with Gasteiger partial charge in [-0.05, 0) is 69.6 Å². The van der Waals surface area contributed by atoms with Crippen molar-refractivity contribution >= 4 is 28.8 Å². The Hall–Kier alpha value is -2.83. The van der Waals surface area contributed by atoms with Gasteiger partial charge >= 0.3 is 0 Å². The number of anilines is 1. The van der Waals surface area contributed by atoms with E-state index in [-0.39, 0.29) is 5.82 Å². The SMILES string of the molecule is CN(C)C1CCC(=Nc2cc(-c3cncc(NCc4cccc(F)c4)c3)c(Cl)cn2)CC1. The summed E-state index contributed by atoms with van der Waals surface area (Å²) in [7, 11) is 4.27. The lowest BCUT2D eigenvalue weighted by Crippen LogP contribution is -2.32. The minimum absolute atomic E-state index is 0.246. The van der Waals surface area contributed by atoms with Crippen molar-refractivity contribution in [3.8, 4) is 11.1 Å². The number of hydrogen-bond acceptors (Lipinski definition) is 5. The molecule has 1 saturated carbocycles. The number of aliphatic imine (C=N–C) groups is 1. The Morgan fingerprint density at radius 3 is 2.69 bits per heavy atom. The monoisotopic (exact) mass is 451 g/mol. The second-order valence-electron chi connectivity index (χ2n) is 8.34. The summed E-state index contributed by atoms with van der Waals surface area (Å²) in [6.45, 7) is 0.500. The van der Waals surface area contributed by atoms with Gasteiger partial charge < -0.3 is 10.2 Å². The first-order valence-electron chi connectivity index (χ1n) is 10.8. The molecule has 0 radical (unpaired) electrons. The molecular formula is C25H27ClFN5. The maximum Gasteiger partial charge on any atom is 0.152 e. The van der Waals surface area contributed by atoms with E-state index in [0.717, 1.165) is 48.1 Å². The molecule has 0 spiro atoms. The smallest absolute Gasteiger partial charge is 0.152 e. The van der Waals surface area contributed by atoms with Crippen molar-refractivity contribution < 1.29 is 4.39 Å². The molecular weight excluding hydrogens is 425 g/mol. The summed E-state index contributed by atoms with van der Waals surface area (Å²) in [6, 6.07) is 11.1. The molecule has 0 aliphatic heterocycles. The molecule has 2 heterocycles. The van der Waals surface area contributed by atoms with Gasteiger partial charge in [-0.25, -0.2) is 14.4 Å². The van der Waals surface area contributed by atoms with Crippen LogP contribution in [0.25, 0.3) is 11.1 Å².